The van der Waals surface area contributed by atoms with Crippen molar-refractivity contribution in [2.75, 3.05) is 18.0 Å². The average molecular weight is 262 g/mol. The van der Waals surface area contributed by atoms with Gasteiger partial charge in [0.05, 0.1) is 5.92 Å². The van der Waals surface area contributed by atoms with E-state index in [0.717, 1.165) is 24.9 Å². The van der Waals surface area contributed by atoms with E-state index in [-0.39, 0.29) is 6.04 Å². The second-order valence-electron chi connectivity index (χ2n) is 6.42. The van der Waals surface area contributed by atoms with E-state index in [1.54, 1.807) is 0 Å². The van der Waals surface area contributed by atoms with E-state index < -0.39 is 0 Å². The number of anilines is 1. The normalized spacial score (nSPS) is 38.1. The fourth-order valence-corrected chi connectivity index (χ4v) is 4.29. The molecule has 0 amide bonds. The van der Waals surface area contributed by atoms with Crippen LogP contribution in [0.15, 0.2) is 4.52 Å². The molecule has 2 heterocycles. The van der Waals surface area contributed by atoms with Gasteiger partial charge in [0.1, 0.15) is 0 Å². The lowest BCUT2D eigenvalue weighted by atomic mass is 9.85. The number of hydrogen-bond donors (Lipinski definition) is 1. The standard InChI is InChI=1S/C14H22N4O/c15-12-10-5-4-9(8-10)11(12)13-16-14(17-19-13)18-6-2-1-3-7-18/h9-12H,1-8,15H2. The van der Waals surface area contributed by atoms with Crippen molar-refractivity contribution >= 4 is 5.95 Å². The third-order valence-corrected chi connectivity index (χ3v) is 5.34. The summed E-state index contributed by atoms with van der Waals surface area (Å²) >= 11 is 0. The molecule has 5 nitrogen and oxygen atoms in total. The number of rotatable bonds is 2. The first-order valence-corrected chi connectivity index (χ1v) is 7.67. The Labute approximate surface area is 113 Å². The maximum absolute atomic E-state index is 6.34. The zero-order valence-electron chi connectivity index (χ0n) is 11.3. The molecule has 1 aliphatic heterocycles. The lowest BCUT2D eigenvalue weighted by Crippen LogP contribution is -2.34. The lowest BCUT2D eigenvalue weighted by molar-refractivity contribution is 0.279. The van der Waals surface area contributed by atoms with Crippen LogP contribution < -0.4 is 10.6 Å². The molecule has 5 heteroatoms. The largest absolute Gasteiger partial charge is 0.338 e. The lowest BCUT2D eigenvalue weighted by Gasteiger charge is -2.25. The molecular weight excluding hydrogens is 240 g/mol. The van der Waals surface area contributed by atoms with Gasteiger partial charge in [-0.05, 0) is 55.5 Å². The van der Waals surface area contributed by atoms with Crippen LogP contribution in [0.4, 0.5) is 5.95 Å². The van der Waals surface area contributed by atoms with Crippen molar-refractivity contribution in [1.29, 1.82) is 0 Å². The van der Waals surface area contributed by atoms with Crippen LogP contribution in [-0.2, 0) is 0 Å². The highest BCUT2D eigenvalue weighted by atomic mass is 16.5. The highest BCUT2D eigenvalue weighted by molar-refractivity contribution is 5.29. The molecule has 3 aliphatic rings. The van der Waals surface area contributed by atoms with Gasteiger partial charge in [-0.15, -0.1) is 0 Å². The number of fused-ring (bicyclic) bond motifs is 2. The van der Waals surface area contributed by atoms with Gasteiger partial charge < -0.3 is 15.2 Å². The molecule has 2 saturated carbocycles. The first kappa shape index (κ1) is 11.7. The highest BCUT2D eigenvalue weighted by Crippen LogP contribution is 2.51. The van der Waals surface area contributed by atoms with Crippen LogP contribution in [0.25, 0.3) is 0 Å². The molecule has 104 valence electrons. The Morgan fingerprint density at radius 2 is 1.89 bits per heavy atom. The number of aromatic nitrogens is 2. The number of nitrogens with two attached hydrogens (primary N) is 1. The van der Waals surface area contributed by atoms with Crippen LogP contribution in [0.5, 0.6) is 0 Å². The molecule has 1 aromatic rings. The SMILES string of the molecule is NC1C2CCC(C2)C1c1nc(N2CCCCC2)no1. The van der Waals surface area contributed by atoms with E-state index >= 15 is 0 Å². The molecule has 4 rings (SSSR count). The Bertz CT molecular complexity index is 452. The van der Waals surface area contributed by atoms with Crippen LogP contribution in [0.1, 0.15) is 50.3 Å². The Balaban J connectivity index is 1.54. The molecule has 0 radical (unpaired) electrons. The fourth-order valence-electron chi connectivity index (χ4n) is 4.29. The van der Waals surface area contributed by atoms with Gasteiger partial charge in [-0.25, -0.2) is 0 Å². The molecule has 1 saturated heterocycles. The van der Waals surface area contributed by atoms with Gasteiger partial charge in [-0.2, -0.15) is 4.98 Å². The Morgan fingerprint density at radius 3 is 2.63 bits per heavy atom. The third kappa shape index (κ3) is 1.86. The summed E-state index contributed by atoms with van der Waals surface area (Å²) in [4.78, 5) is 6.90. The van der Waals surface area contributed by atoms with Crippen molar-refractivity contribution < 1.29 is 4.52 Å². The van der Waals surface area contributed by atoms with Crippen LogP contribution in [0, 0.1) is 11.8 Å². The maximum Gasteiger partial charge on any atom is 0.266 e. The zero-order chi connectivity index (χ0) is 12.8. The fraction of sp³-hybridized carbons (Fsp3) is 0.857. The molecule has 4 atom stereocenters. The van der Waals surface area contributed by atoms with Crippen molar-refractivity contribution in [3.05, 3.63) is 5.89 Å². The van der Waals surface area contributed by atoms with Gasteiger partial charge in [0.25, 0.3) is 5.95 Å². The number of piperidine rings is 1. The maximum atomic E-state index is 6.34. The average Bonchev–Trinajstić information content (AvgIpc) is 3.14. The third-order valence-electron chi connectivity index (χ3n) is 5.34. The first-order chi connectivity index (χ1) is 9.33. The molecule has 1 aromatic heterocycles. The minimum absolute atomic E-state index is 0.230. The van der Waals surface area contributed by atoms with Crippen molar-refractivity contribution in [1.82, 2.24) is 10.1 Å². The van der Waals surface area contributed by atoms with Gasteiger partial charge in [-0.3, -0.25) is 0 Å². The molecule has 2 aliphatic carbocycles. The summed E-state index contributed by atoms with van der Waals surface area (Å²) < 4.78 is 5.54. The predicted octanol–water partition coefficient (Wildman–Crippen LogP) is 1.90. The minimum Gasteiger partial charge on any atom is -0.338 e. The van der Waals surface area contributed by atoms with Gasteiger partial charge in [0, 0.05) is 19.1 Å². The van der Waals surface area contributed by atoms with Gasteiger partial charge >= 0.3 is 0 Å². The van der Waals surface area contributed by atoms with E-state index in [2.05, 4.69) is 15.0 Å². The number of nitrogens with zero attached hydrogens (tertiary/aromatic N) is 3. The monoisotopic (exact) mass is 262 g/mol. The summed E-state index contributed by atoms with van der Waals surface area (Å²) in [7, 11) is 0. The molecule has 19 heavy (non-hydrogen) atoms. The second kappa shape index (κ2) is 4.47. The van der Waals surface area contributed by atoms with Crippen LogP contribution in [0.3, 0.4) is 0 Å². The van der Waals surface area contributed by atoms with Gasteiger partial charge in [0.15, 0.2) is 0 Å². The summed E-state index contributed by atoms with van der Waals surface area (Å²) in [5.41, 5.74) is 6.34. The molecule has 0 spiro atoms. The van der Waals surface area contributed by atoms with E-state index in [9.17, 15) is 0 Å². The van der Waals surface area contributed by atoms with Crippen molar-refractivity contribution in [3.8, 4) is 0 Å². The van der Waals surface area contributed by atoms with Gasteiger partial charge in [-0.1, -0.05) is 0 Å². The molecular formula is C14H22N4O. The highest BCUT2D eigenvalue weighted by Gasteiger charge is 2.49. The van der Waals surface area contributed by atoms with E-state index in [4.69, 9.17) is 10.3 Å². The van der Waals surface area contributed by atoms with Crippen LogP contribution in [-0.4, -0.2) is 29.3 Å². The molecule has 2 N–H and O–H groups in total. The quantitative estimate of drug-likeness (QED) is 0.881. The Morgan fingerprint density at radius 1 is 1.11 bits per heavy atom. The van der Waals surface area contributed by atoms with E-state index in [1.807, 2.05) is 0 Å². The van der Waals surface area contributed by atoms with Crippen LogP contribution >= 0.6 is 0 Å². The zero-order valence-corrected chi connectivity index (χ0v) is 11.3. The Hall–Kier alpha value is -1.10. The summed E-state index contributed by atoms with van der Waals surface area (Å²) in [5, 5.41) is 4.19. The van der Waals surface area contributed by atoms with E-state index in [1.165, 1.54) is 38.5 Å². The molecule has 3 fully saturated rings. The first-order valence-electron chi connectivity index (χ1n) is 7.67. The molecule has 2 bridgehead atoms. The molecule has 4 unspecified atom stereocenters. The number of hydrogen-bond acceptors (Lipinski definition) is 5. The van der Waals surface area contributed by atoms with Crippen molar-refractivity contribution in [3.63, 3.8) is 0 Å². The smallest absolute Gasteiger partial charge is 0.266 e. The minimum atomic E-state index is 0.230. The summed E-state index contributed by atoms with van der Waals surface area (Å²) in [6.45, 7) is 2.11. The Kier molecular flexibility index (Phi) is 2.76. The molecule has 0 aromatic carbocycles. The predicted molar refractivity (Wildman–Crippen MR) is 71.9 cm³/mol. The summed E-state index contributed by atoms with van der Waals surface area (Å²) in [6.07, 6.45) is 7.61. The summed E-state index contributed by atoms with van der Waals surface area (Å²) in [5.74, 6) is 3.24. The van der Waals surface area contributed by atoms with Crippen molar-refractivity contribution in [2.45, 2.75) is 50.5 Å². The van der Waals surface area contributed by atoms with E-state index in [0.29, 0.717) is 17.8 Å². The topological polar surface area (TPSA) is 68.2 Å². The summed E-state index contributed by atoms with van der Waals surface area (Å²) in [6, 6.07) is 0.230. The van der Waals surface area contributed by atoms with Crippen molar-refractivity contribution in [2.24, 2.45) is 17.6 Å². The van der Waals surface area contributed by atoms with Gasteiger partial charge in [0.2, 0.25) is 5.89 Å². The van der Waals surface area contributed by atoms with Crippen LogP contribution in [0.2, 0.25) is 0 Å². The second-order valence-corrected chi connectivity index (χ2v) is 6.42.